The lowest BCUT2D eigenvalue weighted by Crippen LogP contribution is -2.33. The first-order valence-corrected chi connectivity index (χ1v) is 7.91. The fourth-order valence-corrected chi connectivity index (χ4v) is 3.32. The number of nitrogens with two attached hydrogens (primary N) is 1. The molecule has 1 aliphatic carbocycles. The van der Waals surface area contributed by atoms with Gasteiger partial charge >= 0.3 is 0 Å². The summed E-state index contributed by atoms with van der Waals surface area (Å²) >= 11 is 0. The summed E-state index contributed by atoms with van der Waals surface area (Å²) in [7, 11) is 0. The van der Waals surface area contributed by atoms with Crippen molar-refractivity contribution < 1.29 is 9.47 Å². The van der Waals surface area contributed by atoms with E-state index in [0.29, 0.717) is 6.61 Å². The van der Waals surface area contributed by atoms with E-state index in [-0.39, 0.29) is 18.2 Å². The molecule has 0 saturated carbocycles. The third-order valence-electron chi connectivity index (χ3n) is 4.52. The zero-order valence-electron chi connectivity index (χ0n) is 12.1. The average Bonchev–Trinajstić information content (AvgIpc) is 2.66. The molecule has 3 rings (SSSR count). The molecule has 0 amide bonds. The van der Waals surface area contributed by atoms with Crippen LogP contribution < -0.4 is 5.73 Å². The summed E-state index contributed by atoms with van der Waals surface area (Å²) in [4.78, 5) is 0. The lowest BCUT2D eigenvalue weighted by Gasteiger charge is -2.28. The molecule has 0 bridgehead atoms. The Morgan fingerprint density at radius 3 is 2.90 bits per heavy atom. The largest absolute Gasteiger partial charge is 0.376 e. The van der Waals surface area contributed by atoms with Gasteiger partial charge in [0.05, 0.1) is 24.9 Å². The number of fused-ring (bicyclic) bond motifs is 1. The van der Waals surface area contributed by atoms with Gasteiger partial charge in [-0.25, -0.2) is 0 Å². The van der Waals surface area contributed by atoms with Gasteiger partial charge in [0.1, 0.15) is 0 Å². The zero-order chi connectivity index (χ0) is 13.8. The monoisotopic (exact) mass is 275 g/mol. The van der Waals surface area contributed by atoms with Crippen molar-refractivity contribution >= 4 is 0 Å². The van der Waals surface area contributed by atoms with E-state index in [1.54, 1.807) is 0 Å². The maximum absolute atomic E-state index is 6.44. The Morgan fingerprint density at radius 1 is 1.15 bits per heavy atom. The molecule has 20 heavy (non-hydrogen) atoms. The third kappa shape index (κ3) is 3.22. The van der Waals surface area contributed by atoms with Crippen LogP contribution in [-0.2, 0) is 15.9 Å². The maximum Gasteiger partial charge on any atom is 0.0808 e. The van der Waals surface area contributed by atoms with Crippen molar-refractivity contribution in [3.8, 4) is 0 Å². The van der Waals surface area contributed by atoms with Crippen molar-refractivity contribution in [2.75, 3.05) is 13.2 Å². The molecular weight excluding hydrogens is 250 g/mol. The zero-order valence-corrected chi connectivity index (χ0v) is 12.1. The maximum atomic E-state index is 6.44. The van der Waals surface area contributed by atoms with Crippen LogP contribution in [0.15, 0.2) is 24.3 Å². The number of hydrogen-bond acceptors (Lipinski definition) is 3. The first-order chi connectivity index (χ1) is 9.84. The van der Waals surface area contributed by atoms with Gasteiger partial charge < -0.3 is 15.2 Å². The summed E-state index contributed by atoms with van der Waals surface area (Å²) in [5.74, 6) is 0. The van der Waals surface area contributed by atoms with Crippen molar-refractivity contribution in [2.24, 2.45) is 5.73 Å². The van der Waals surface area contributed by atoms with E-state index in [2.05, 4.69) is 24.3 Å². The molecule has 3 nitrogen and oxygen atoms in total. The number of aryl methyl sites for hydroxylation is 1. The van der Waals surface area contributed by atoms with E-state index < -0.39 is 0 Å². The second kappa shape index (κ2) is 6.70. The Balaban J connectivity index is 1.62. The highest BCUT2D eigenvalue weighted by molar-refractivity contribution is 5.31. The molecule has 0 spiro atoms. The number of rotatable bonds is 3. The first-order valence-electron chi connectivity index (χ1n) is 7.91. The lowest BCUT2D eigenvalue weighted by atomic mass is 9.98. The summed E-state index contributed by atoms with van der Waals surface area (Å²) in [6.45, 7) is 1.58. The van der Waals surface area contributed by atoms with Crippen LogP contribution in [0.1, 0.15) is 49.3 Å². The van der Waals surface area contributed by atoms with Crippen LogP contribution in [0.2, 0.25) is 0 Å². The topological polar surface area (TPSA) is 44.5 Å². The van der Waals surface area contributed by atoms with E-state index in [1.807, 2.05) is 0 Å². The van der Waals surface area contributed by atoms with Crippen LogP contribution in [0.4, 0.5) is 0 Å². The van der Waals surface area contributed by atoms with Crippen molar-refractivity contribution in [3.05, 3.63) is 35.4 Å². The lowest BCUT2D eigenvalue weighted by molar-refractivity contribution is -0.0699. The van der Waals surface area contributed by atoms with Crippen molar-refractivity contribution in [1.82, 2.24) is 0 Å². The molecule has 0 aromatic heterocycles. The van der Waals surface area contributed by atoms with E-state index >= 15 is 0 Å². The Labute approximate surface area is 121 Å². The quantitative estimate of drug-likeness (QED) is 0.863. The predicted octanol–water partition coefficient (Wildman–Crippen LogP) is 2.98. The van der Waals surface area contributed by atoms with E-state index in [4.69, 9.17) is 15.2 Å². The second-order valence-electron chi connectivity index (χ2n) is 5.98. The molecule has 110 valence electrons. The third-order valence-corrected chi connectivity index (χ3v) is 4.52. The minimum atomic E-state index is -0.00251. The smallest absolute Gasteiger partial charge is 0.0808 e. The molecule has 1 aliphatic heterocycles. The molecule has 1 aromatic rings. The summed E-state index contributed by atoms with van der Waals surface area (Å²) < 4.78 is 11.9. The van der Waals surface area contributed by atoms with Crippen LogP contribution >= 0.6 is 0 Å². The van der Waals surface area contributed by atoms with Gasteiger partial charge in [-0.15, -0.1) is 0 Å². The SMILES string of the molecule is NC1c2ccccc2CCCC1OCC1CCCCO1. The van der Waals surface area contributed by atoms with Crippen molar-refractivity contribution in [2.45, 2.75) is 56.8 Å². The van der Waals surface area contributed by atoms with Crippen molar-refractivity contribution in [3.63, 3.8) is 0 Å². The highest BCUT2D eigenvalue weighted by atomic mass is 16.5. The van der Waals surface area contributed by atoms with Gasteiger partial charge in [0, 0.05) is 6.61 Å². The molecule has 1 heterocycles. The van der Waals surface area contributed by atoms with Crippen molar-refractivity contribution in [1.29, 1.82) is 0 Å². The highest BCUT2D eigenvalue weighted by Gasteiger charge is 2.26. The fraction of sp³-hybridized carbons (Fsp3) is 0.647. The summed E-state index contributed by atoms with van der Waals surface area (Å²) in [6, 6.07) is 8.52. The van der Waals surface area contributed by atoms with Gasteiger partial charge in [0.2, 0.25) is 0 Å². The molecular formula is C17H25NO2. The Morgan fingerprint density at radius 2 is 2.05 bits per heavy atom. The van der Waals surface area contributed by atoms with Crippen LogP contribution in [0.5, 0.6) is 0 Å². The summed E-state index contributed by atoms with van der Waals surface area (Å²) in [5.41, 5.74) is 9.09. The average molecular weight is 275 g/mol. The Bertz CT molecular complexity index is 429. The minimum absolute atomic E-state index is 0.00251. The van der Waals surface area contributed by atoms with Gasteiger partial charge in [-0.1, -0.05) is 24.3 Å². The summed E-state index contributed by atoms with van der Waals surface area (Å²) in [6.07, 6.45) is 7.28. The van der Waals surface area contributed by atoms with Crippen LogP contribution in [0, 0.1) is 0 Å². The van der Waals surface area contributed by atoms with Gasteiger partial charge in [-0.2, -0.15) is 0 Å². The van der Waals surface area contributed by atoms with Gasteiger partial charge in [-0.05, 0) is 49.7 Å². The fourth-order valence-electron chi connectivity index (χ4n) is 3.32. The molecule has 2 N–H and O–H groups in total. The Kier molecular flexibility index (Phi) is 4.71. The van der Waals surface area contributed by atoms with Crippen LogP contribution in [0.3, 0.4) is 0 Å². The van der Waals surface area contributed by atoms with Gasteiger partial charge in [0.25, 0.3) is 0 Å². The number of benzene rings is 1. The minimum Gasteiger partial charge on any atom is -0.376 e. The Hall–Kier alpha value is -0.900. The number of ether oxygens (including phenoxy) is 2. The molecule has 1 fully saturated rings. The van der Waals surface area contributed by atoms with Crippen LogP contribution in [0.25, 0.3) is 0 Å². The highest BCUT2D eigenvalue weighted by Crippen LogP contribution is 2.29. The molecule has 1 saturated heterocycles. The van der Waals surface area contributed by atoms with Crippen LogP contribution in [-0.4, -0.2) is 25.4 Å². The standard InChI is InChI=1S/C17H25NO2/c18-17-15-9-2-1-6-13(15)7-5-10-16(17)20-12-14-8-3-4-11-19-14/h1-2,6,9,14,16-17H,3-5,7-8,10-12,18H2. The second-order valence-corrected chi connectivity index (χ2v) is 5.98. The molecule has 3 heteroatoms. The normalized spacial score (nSPS) is 30.6. The van der Waals surface area contributed by atoms with E-state index in [0.717, 1.165) is 32.3 Å². The molecule has 1 aromatic carbocycles. The molecule has 0 radical (unpaired) electrons. The van der Waals surface area contributed by atoms with E-state index in [1.165, 1.54) is 24.0 Å². The molecule has 3 atom stereocenters. The first kappa shape index (κ1) is 14.1. The molecule has 2 aliphatic rings. The molecule has 3 unspecified atom stereocenters. The van der Waals surface area contributed by atoms with E-state index in [9.17, 15) is 0 Å². The van der Waals surface area contributed by atoms with Gasteiger partial charge in [-0.3, -0.25) is 0 Å². The predicted molar refractivity (Wildman–Crippen MR) is 79.6 cm³/mol. The van der Waals surface area contributed by atoms with Gasteiger partial charge in [0.15, 0.2) is 0 Å². The number of hydrogen-bond donors (Lipinski definition) is 1. The summed E-state index contributed by atoms with van der Waals surface area (Å²) in [5, 5.41) is 0.